The van der Waals surface area contributed by atoms with E-state index in [2.05, 4.69) is 10.3 Å². The van der Waals surface area contributed by atoms with Gasteiger partial charge in [0.1, 0.15) is 0 Å². The van der Waals surface area contributed by atoms with Crippen LogP contribution in [0.2, 0.25) is 0 Å². The Kier molecular flexibility index (Phi) is 9.52. The summed E-state index contributed by atoms with van der Waals surface area (Å²) in [6, 6.07) is 15.2. The highest BCUT2D eigenvalue weighted by atomic mass is 19.4. The summed E-state index contributed by atoms with van der Waals surface area (Å²) in [6.45, 7) is 4.91. The summed E-state index contributed by atoms with van der Waals surface area (Å²) < 4.78 is 45.0. The first-order chi connectivity index (χ1) is 19.5. The molecule has 1 aromatic heterocycles. The maximum absolute atomic E-state index is 13.2. The molecule has 2 N–H and O–H groups in total. The van der Waals surface area contributed by atoms with E-state index in [4.69, 9.17) is 4.74 Å². The first-order valence-corrected chi connectivity index (χ1v) is 13.7. The molecule has 0 bridgehead atoms. The van der Waals surface area contributed by atoms with Gasteiger partial charge in [0.15, 0.2) is 0 Å². The molecule has 0 saturated carbocycles. The number of carbonyl (C=O) groups is 2. The molecule has 2 atom stereocenters. The highest BCUT2D eigenvalue weighted by molar-refractivity contribution is 5.95. The van der Waals surface area contributed by atoms with Crippen LogP contribution in [0.3, 0.4) is 0 Å². The maximum Gasteiger partial charge on any atom is 0.389 e. The van der Waals surface area contributed by atoms with Crippen LogP contribution < -0.4 is 10.1 Å². The van der Waals surface area contributed by atoms with Gasteiger partial charge in [-0.2, -0.15) is 13.2 Å². The molecule has 0 radical (unpaired) electrons. The van der Waals surface area contributed by atoms with Gasteiger partial charge in [-0.15, -0.1) is 0 Å². The van der Waals surface area contributed by atoms with Crippen molar-refractivity contribution in [2.45, 2.75) is 51.7 Å². The number of carboxylic acids is 1. The Morgan fingerprint density at radius 3 is 2.46 bits per heavy atom. The number of nitrogens with zero attached hydrogens (tertiary/aromatic N) is 2. The third-order valence-corrected chi connectivity index (χ3v) is 7.25. The topological polar surface area (TPSA) is 91.8 Å². The summed E-state index contributed by atoms with van der Waals surface area (Å²) in [5.41, 5.74) is 4.31. The number of pyridine rings is 1. The summed E-state index contributed by atoms with van der Waals surface area (Å²) in [6.07, 6.45) is -2.56. The lowest BCUT2D eigenvalue weighted by Gasteiger charge is -2.30. The standard InChI is InChI=1S/C31H34F3N3O4/c1-3-41-28-13-9-23(18-35-28)22-8-12-26(20(2)17-22)27(14-15-31(32,33)34)36-25-10-6-21(7-11-25)29(38)37-16-4-5-24(19-37)30(39)40/h6-13,17-18,24,27,36H,3-5,14-16,19H2,1-2H3,(H,39,40)/t24-,27?/m1/s1. The van der Waals surface area contributed by atoms with E-state index in [-0.39, 0.29) is 18.9 Å². The van der Waals surface area contributed by atoms with Crippen molar-refractivity contribution in [2.75, 3.05) is 25.0 Å². The van der Waals surface area contributed by atoms with Crippen LogP contribution in [0.25, 0.3) is 11.1 Å². The van der Waals surface area contributed by atoms with Gasteiger partial charge in [0.25, 0.3) is 5.91 Å². The van der Waals surface area contributed by atoms with E-state index in [1.807, 2.05) is 38.1 Å². The highest BCUT2D eigenvalue weighted by Crippen LogP contribution is 2.34. The van der Waals surface area contributed by atoms with Crippen molar-refractivity contribution >= 4 is 17.6 Å². The van der Waals surface area contributed by atoms with Gasteiger partial charge in [0.2, 0.25) is 5.88 Å². The SMILES string of the molecule is CCOc1ccc(-c2ccc(C(CCC(F)(F)F)Nc3ccc(C(=O)N4CCC[C@@H](C(=O)O)C4)cc3)c(C)c2)cn1. The number of hydrogen-bond acceptors (Lipinski definition) is 5. The minimum Gasteiger partial charge on any atom is -0.481 e. The summed E-state index contributed by atoms with van der Waals surface area (Å²) in [7, 11) is 0. The number of nitrogens with one attached hydrogen (secondary N) is 1. The molecule has 0 aliphatic carbocycles. The zero-order valence-corrected chi connectivity index (χ0v) is 23.1. The van der Waals surface area contributed by atoms with E-state index in [0.717, 1.165) is 22.3 Å². The molecular weight excluding hydrogens is 535 g/mol. The van der Waals surface area contributed by atoms with Gasteiger partial charge in [-0.25, -0.2) is 4.98 Å². The average Bonchev–Trinajstić information content (AvgIpc) is 2.95. The second-order valence-corrected chi connectivity index (χ2v) is 10.2. The molecule has 2 heterocycles. The summed E-state index contributed by atoms with van der Waals surface area (Å²) in [5, 5.41) is 12.5. The van der Waals surface area contributed by atoms with Gasteiger partial charge in [0, 0.05) is 48.6 Å². The number of hydrogen-bond donors (Lipinski definition) is 2. The number of anilines is 1. The van der Waals surface area contributed by atoms with Gasteiger partial charge in [-0.05, 0) is 80.1 Å². The van der Waals surface area contributed by atoms with Crippen molar-refractivity contribution in [3.8, 4) is 17.0 Å². The molecular formula is C31H34F3N3O4. The quantitative estimate of drug-likeness (QED) is 0.276. The number of carboxylic acid groups (broad SMARTS) is 1. The third-order valence-electron chi connectivity index (χ3n) is 7.25. The van der Waals surface area contributed by atoms with Crippen molar-refractivity contribution < 1.29 is 32.6 Å². The summed E-state index contributed by atoms with van der Waals surface area (Å²) in [4.78, 5) is 30.2. The van der Waals surface area contributed by atoms with Gasteiger partial charge in [-0.3, -0.25) is 9.59 Å². The number of alkyl halides is 3. The number of halogens is 3. The summed E-state index contributed by atoms with van der Waals surface area (Å²) >= 11 is 0. The Bertz CT molecular complexity index is 1340. The van der Waals surface area contributed by atoms with Crippen LogP contribution in [0.1, 0.15) is 60.1 Å². The van der Waals surface area contributed by atoms with Gasteiger partial charge < -0.3 is 20.1 Å². The van der Waals surface area contributed by atoms with E-state index in [1.54, 1.807) is 41.4 Å². The molecule has 1 amide bonds. The number of benzene rings is 2. The Hall–Kier alpha value is -4.08. The lowest BCUT2D eigenvalue weighted by atomic mass is 9.93. The fourth-order valence-electron chi connectivity index (χ4n) is 5.10. The number of piperidine rings is 1. The molecule has 1 unspecified atom stereocenters. The fraction of sp³-hybridized carbons (Fsp3) is 0.387. The van der Waals surface area contributed by atoms with Crippen LogP contribution in [-0.4, -0.2) is 52.7 Å². The first-order valence-electron chi connectivity index (χ1n) is 13.7. The fourth-order valence-corrected chi connectivity index (χ4v) is 5.10. The normalized spacial score (nSPS) is 16.2. The van der Waals surface area contributed by atoms with Crippen molar-refractivity contribution in [3.63, 3.8) is 0 Å². The smallest absolute Gasteiger partial charge is 0.389 e. The zero-order valence-electron chi connectivity index (χ0n) is 23.1. The number of likely N-dealkylation sites (tertiary alicyclic amines) is 1. The maximum atomic E-state index is 13.2. The van der Waals surface area contributed by atoms with Crippen LogP contribution >= 0.6 is 0 Å². The number of aromatic nitrogens is 1. The van der Waals surface area contributed by atoms with Gasteiger partial charge in [-0.1, -0.05) is 18.2 Å². The molecule has 2 aromatic carbocycles. The van der Waals surface area contributed by atoms with E-state index in [0.29, 0.717) is 43.1 Å². The molecule has 10 heteroatoms. The van der Waals surface area contributed by atoms with E-state index in [1.165, 1.54) is 0 Å². The Labute approximate surface area is 237 Å². The highest BCUT2D eigenvalue weighted by Gasteiger charge is 2.30. The molecule has 3 aromatic rings. The number of amides is 1. The minimum absolute atomic E-state index is 0.162. The predicted molar refractivity (Wildman–Crippen MR) is 150 cm³/mol. The van der Waals surface area contributed by atoms with Crippen LogP contribution in [0.15, 0.2) is 60.8 Å². The Morgan fingerprint density at radius 2 is 1.85 bits per heavy atom. The average molecular weight is 570 g/mol. The Morgan fingerprint density at radius 1 is 1.12 bits per heavy atom. The van der Waals surface area contributed by atoms with E-state index >= 15 is 0 Å². The van der Waals surface area contributed by atoms with Crippen molar-refractivity contribution in [3.05, 3.63) is 77.5 Å². The Balaban J connectivity index is 1.51. The van der Waals surface area contributed by atoms with Crippen molar-refractivity contribution in [2.24, 2.45) is 5.92 Å². The lowest BCUT2D eigenvalue weighted by molar-refractivity contribution is -0.143. The van der Waals surface area contributed by atoms with Crippen LogP contribution in [0, 0.1) is 12.8 Å². The predicted octanol–water partition coefficient (Wildman–Crippen LogP) is 6.89. The first kappa shape index (κ1) is 29.9. The van der Waals surface area contributed by atoms with Crippen LogP contribution in [-0.2, 0) is 4.79 Å². The van der Waals surface area contributed by atoms with Crippen molar-refractivity contribution in [1.29, 1.82) is 0 Å². The number of carbonyl (C=O) groups excluding carboxylic acids is 1. The largest absolute Gasteiger partial charge is 0.481 e. The monoisotopic (exact) mass is 569 g/mol. The molecule has 0 spiro atoms. The molecule has 1 saturated heterocycles. The third kappa shape index (κ3) is 7.99. The summed E-state index contributed by atoms with van der Waals surface area (Å²) in [5.74, 6) is -1.23. The molecule has 41 heavy (non-hydrogen) atoms. The second-order valence-electron chi connectivity index (χ2n) is 10.2. The number of rotatable bonds is 10. The van der Waals surface area contributed by atoms with Gasteiger partial charge >= 0.3 is 12.1 Å². The number of ether oxygens (including phenoxy) is 1. The molecule has 4 rings (SSSR count). The van der Waals surface area contributed by atoms with E-state index < -0.39 is 30.5 Å². The molecule has 7 nitrogen and oxygen atoms in total. The van der Waals surface area contributed by atoms with Crippen molar-refractivity contribution in [1.82, 2.24) is 9.88 Å². The lowest BCUT2D eigenvalue weighted by Crippen LogP contribution is -2.42. The van der Waals surface area contributed by atoms with Crippen LogP contribution in [0.4, 0.5) is 18.9 Å². The van der Waals surface area contributed by atoms with E-state index in [9.17, 15) is 27.9 Å². The zero-order chi connectivity index (χ0) is 29.6. The molecule has 1 aliphatic heterocycles. The number of aryl methyl sites for hydroxylation is 1. The molecule has 1 fully saturated rings. The van der Waals surface area contributed by atoms with Gasteiger partial charge in [0.05, 0.1) is 18.6 Å². The second kappa shape index (κ2) is 13.1. The minimum atomic E-state index is -4.31. The van der Waals surface area contributed by atoms with Crippen LogP contribution in [0.5, 0.6) is 5.88 Å². The molecule has 218 valence electrons. The number of aliphatic carboxylic acids is 1. The molecule has 1 aliphatic rings.